The Morgan fingerprint density at radius 2 is 2.36 bits per heavy atom. The Kier molecular flexibility index (Phi) is 3.42. The average Bonchev–Trinajstić information content (AvgIpc) is 2.25. The molecule has 1 rings (SSSR count). The van der Waals surface area contributed by atoms with Crippen molar-refractivity contribution < 1.29 is 9.53 Å². The first-order valence-corrected chi connectivity index (χ1v) is 3.92. The maximum absolute atomic E-state index is 9.93. The molecule has 0 saturated heterocycles. The van der Waals surface area contributed by atoms with Gasteiger partial charge in [-0.25, -0.2) is 9.79 Å². The van der Waals surface area contributed by atoms with Gasteiger partial charge in [0.15, 0.2) is 0 Å². The van der Waals surface area contributed by atoms with Crippen LogP contribution in [0.15, 0.2) is 23.2 Å². The molecule has 0 bridgehead atoms. The van der Waals surface area contributed by atoms with Crippen molar-refractivity contribution in [2.24, 2.45) is 4.99 Å². The number of methoxy groups -OCH3 is 1. The Morgan fingerprint density at radius 1 is 1.57 bits per heavy atom. The normalized spacial score (nSPS) is 8.57. The zero-order chi connectivity index (χ0) is 10.4. The third-order valence-corrected chi connectivity index (χ3v) is 1.72. The summed E-state index contributed by atoms with van der Waals surface area (Å²) in [6, 6.07) is 6.96. The van der Waals surface area contributed by atoms with E-state index in [1.54, 1.807) is 18.2 Å². The quantitative estimate of drug-likeness (QED) is 0.532. The number of carbonyl (C=O) groups excluding carboxylic acids is 1. The highest BCUT2D eigenvalue weighted by molar-refractivity contribution is 5.43. The zero-order valence-electron chi connectivity index (χ0n) is 7.65. The lowest BCUT2D eigenvalue weighted by molar-refractivity contribution is 0.410. The molecule has 0 amide bonds. The summed E-state index contributed by atoms with van der Waals surface area (Å²) in [6.07, 6.45) is 1.44. The molecule has 0 radical (unpaired) electrons. The molecule has 0 aliphatic heterocycles. The van der Waals surface area contributed by atoms with Gasteiger partial charge < -0.3 is 4.74 Å². The molecule has 0 unspecified atom stereocenters. The summed E-state index contributed by atoms with van der Waals surface area (Å²) in [4.78, 5) is 13.4. The molecule has 4 nitrogen and oxygen atoms in total. The van der Waals surface area contributed by atoms with Gasteiger partial charge in [0.1, 0.15) is 5.75 Å². The van der Waals surface area contributed by atoms with Crippen molar-refractivity contribution in [1.82, 2.24) is 0 Å². The molecule has 0 aromatic heterocycles. The number of nitrogens with zero attached hydrogens (tertiary/aromatic N) is 2. The molecule has 0 aliphatic rings. The number of hydrogen-bond donors (Lipinski definition) is 0. The highest BCUT2D eigenvalue weighted by Crippen LogP contribution is 2.20. The number of benzene rings is 1. The molecule has 0 saturated carbocycles. The number of hydrogen-bond acceptors (Lipinski definition) is 4. The largest absolute Gasteiger partial charge is 0.496 e. The topological polar surface area (TPSA) is 62.4 Å². The highest BCUT2D eigenvalue weighted by atomic mass is 16.5. The lowest BCUT2D eigenvalue weighted by Crippen LogP contribution is -1.91. The van der Waals surface area contributed by atoms with Crippen LogP contribution in [0.1, 0.15) is 11.1 Å². The summed E-state index contributed by atoms with van der Waals surface area (Å²) in [5, 5.41) is 8.65. The van der Waals surface area contributed by atoms with Gasteiger partial charge in [0, 0.05) is 5.56 Å². The summed E-state index contributed by atoms with van der Waals surface area (Å²) in [5.41, 5.74) is 1.22. The summed E-state index contributed by atoms with van der Waals surface area (Å²) >= 11 is 0. The molecule has 1 aromatic carbocycles. The van der Waals surface area contributed by atoms with Gasteiger partial charge in [-0.2, -0.15) is 5.26 Å². The van der Waals surface area contributed by atoms with Gasteiger partial charge in [0.25, 0.3) is 0 Å². The number of rotatable bonds is 3. The molecule has 0 aliphatic carbocycles. The third-order valence-electron chi connectivity index (χ3n) is 1.72. The van der Waals surface area contributed by atoms with Crippen LogP contribution < -0.4 is 4.74 Å². The minimum atomic E-state index is 0.183. The fourth-order valence-corrected chi connectivity index (χ4v) is 1.09. The van der Waals surface area contributed by atoms with Gasteiger partial charge in [-0.05, 0) is 18.2 Å². The average molecular weight is 188 g/mol. The van der Waals surface area contributed by atoms with Crippen molar-refractivity contribution >= 4 is 6.08 Å². The third kappa shape index (κ3) is 2.19. The van der Waals surface area contributed by atoms with Crippen LogP contribution >= 0.6 is 0 Å². The Labute approximate surface area is 81.5 Å². The van der Waals surface area contributed by atoms with E-state index >= 15 is 0 Å². The van der Waals surface area contributed by atoms with E-state index in [-0.39, 0.29) is 6.54 Å². The monoisotopic (exact) mass is 188 g/mol. The zero-order valence-corrected chi connectivity index (χ0v) is 7.65. The van der Waals surface area contributed by atoms with E-state index in [1.807, 2.05) is 6.07 Å². The molecule has 0 N–H and O–H groups in total. The maximum Gasteiger partial charge on any atom is 0.235 e. The van der Waals surface area contributed by atoms with E-state index in [2.05, 4.69) is 4.99 Å². The standard InChI is InChI=1S/C10H8N2O2/c1-14-10-3-2-8(5-11)4-9(10)6-12-7-13/h2-4H,6H2,1H3. The maximum atomic E-state index is 9.93. The first-order chi connectivity index (χ1) is 6.81. The fourth-order valence-electron chi connectivity index (χ4n) is 1.09. The number of ether oxygens (including phenoxy) is 1. The van der Waals surface area contributed by atoms with Gasteiger partial charge in [-0.1, -0.05) is 0 Å². The predicted molar refractivity (Wildman–Crippen MR) is 49.5 cm³/mol. The molecule has 14 heavy (non-hydrogen) atoms. The molecule has 0 atom stereocenters. The van der Waals surface area contributed by atoms with Crippen LogP contribution in [0.4, 0.5) is 0 Å². The number of aliphatic imine (C=N–C) groups is 1. The van der Waals surface area contributed by atoms with Gasteiger partial charge in [0.05, 0.1) is 25.3 Å². The first kappa shape index (κ1) is 9.97. The Morgan fingerprint density at radius 3 is 2.93 bits per heavy atom. The Bertz CT molecular complexity index is 415. The van der Waals surface area contributed by atoms with Crippen LogP contribution in [-0.2, 0) is 11.3 Å². The van der Waals surface area contributed by atoms with Gasteiger partial charge in [-0.3, -0.25) is 0 Å². The smallest absolute Gasteiger partial charge is 0.235 e. The van der Waals surface area contributed by atoms with E-state index < -0.39 is 0 Å². The summed E-state index contributed by atoms with van der Waals surface area (Å²) in [6.45, 7) is 0.183. The van der Waals surface area contributed by atoms with E-state index in [0.717, 1.165) is 0 Å². The minimum absolute atomic E-state index is 0.183. The predicted octanol–water partition coefficient (Wildman–Crippen LogP) is 1.40. The van der Waals surface area contributed by atoms with Crippen molar-refractivity contribution in [1.29, 1.82) is 5.26 Å². The molecular formula is C10H8N2O2. The van der Waals surface area contributed by atoms with E-state index in [0.29, 0.717) is 16.9 Å². The second-order valence-corrected chi connectivity index (χ2v) is 2.55. The van der Waals surface area contributed by atoms with E-state index in [1.165, 1.54) is 13.2 Å². The molecule has 70 valence electrons. The molecule has 4 heteroatoms. The van der Waals surface area contributed by atoms with Gasteiger partial charge >= 0.3 is 0 Å². The SMILES string of the molecule is COc1ccc(C#N)cc1CN=C=O. The molecule has 0 spiro atoms. The first-order valence-electron chi connectivity index (χ1n) is 3.92. The van der Waals surface area contributed by atoms with Crippen LogP contribution in [0.3, 0.4) is 0 Å². The summed E-state index contributed by atoms with van der Waals surface area (Å²) in [7, 11) is 1.52. The lowest BCUT2D eigenvalue weighted by Gasteiger charge is -2.05. The Balaban J connectivity index is 3.09. The second kappa shape index (κ2) is 4.80. The molecule has 1 aromatic rings. The van der Waals surface area contributed by atoms with Crippen LogP contribution in [-0.4, -0.2) is 13.2 Å². The second-order valence-electron chi connectivity index (χ2n) is 2.55. The molecule has 0 heterocycles. The number of nitriles is 1. The van der Waals surface area contributed by atoms with Gasteiger partial charge in [-0.15, -0.1) is 0 Å². The molecule has 0 fully saturated rings. The van der Waals surface area contributed by atoms with Crippen molar-refractivity contribution in [2.45, 2.75) is 6.54 Å². The van der Waals surface area contributed by atoms with Crippen molar-refractivity contribution in [2.75, 3.05) is 7.11 Å². The van der Waals surface area contributed by atoms with Crippen molar-refractivity contribution in [3.63, 3.8) is 0 Å². The Hall–Kier alpha value is -2.11. The number of isocyanates is 1. The van der Waals surface area contributed by atoms with Gasteiger partial charge in [0.2, 0.25) is 6.08 Å². The van der Waals surface area contributed by atoms with E-state index in [4.69, 9.17) is 10.00 Å². The van der Waals surface area contributed by atoms with E-state index in [9.17, 15) is 4.79 Å². The lowest BCUT2D eigenvalue weighted by atomic mass is 10.1. The van der Waals surface area contributed by atoms with Crippen LogP contribution in [0.2, 0.25) is 0 Å². The van der Waals surface area contributed by atoms with Crippen LogP contribution in [0.25, 0.3) is 0 Å². The van der Waals surface area contributed by atoms with Crippen molar-refractivity contribution in [3.05, 3.63) is 29.3 Å². The summed E-state index contributed by atoms with van der Waals surface area (Å²) in [5.74, 6) is 0.614. The van der Waals surface area contributed by atoms with Crippen LogP contribution in [0.5, 0.6) is 5.75 Å². The summed E-state index contributed by atoms with van der Waals surface area (Å²) < 4.78 is 5.04. The minimum Gasteiger partial charge on any atom is -0.496 e. The molecular weight excluding hydrogens is 180 g/mol. The van der Waals surface area contributed by atoms with Crippen LogP contribution in [0, 0.1) is 11.3 Å². The fraction of sp³-hybridized carbons (Fsp3) is 0.200. The van der Waals surface area contributed by atoms with Crippen molar-refractivity contribution in [3.8, 4) is 11.8 Å². The highest BCUT2D eigenvalue weighted by Gasteiger charge is 2.03.